The van der Waals surface area contributed by atoms with Crippen molar-refractivity contribution in [2.45, 2.75) is 19.1 Å². The Morgan fingerprint density at radius 1 is 1.12 bits per heavy atom. The summed E-state index contributed by atoms with van der Waals surface area (Å²) in [7, 11) is 0. The van der Waals surface area contributed by atoms with E-state index >= 15 is 0 Å². The van der Waals surface area contributed by atoms with Crippen LogP contribution in [0.5, 0.6) is 0 Å². The monoisotopic (exact) mass is 240 g/mol. The molecule has 17 heavy (non-hydrogen) atoms. The van der Waals surface area contributed by atoms with Crippen molar-refractivity contribution < 1.29 is 13.2 Å². The molecule has 0 atom stereocenters. The Morgan fingerprint density at radius 3 is 2.41 bits per heavy atom. The predicted octanol–water partition coefficient (Wildman–Crippen LogP) is 3.14. The fourth-order valence-corrected chi connectivity index (χ4v) is 1.53. The Hall–Kier alpha value is -1.78. The number of halogens is 3. The molecule has 0 bridgehead atoms. The Morgan fingerprint density at radius 2 is 1.82 bits per heavy atom. The minimum absolute atomic E-state index is 0.493. The van der Waals surface area contributed by atoms with Crippen LogP contribution in [0.2, 0.25) is 0 Å². The van der Waals surface area contributed by atoms with Crippen molar-refractivity contribution in [3.63, 3.8) is 0 Å². The Labute approximate surface area is 96.7 Å². The second-order valence-corrected chi connectivity index (χ2v) is 3.73. The van der Waals surface area contributed by atoms with E-state index in [1.807, 2.05) is 30.3 Å². The fourth-order valence-electron chi connectivity index (χ4n) is 1.53. The van der Waals surface area contributed by atoms with Crippen molar-refractivity contribution in [3.8, 4) is 0 Å². The van der Waals surface area contributed by atoms with E-state index in [2.05, 4.69) is 4.98 Å². The van der Waals surface area contributed by atoms with Crippen LogP contribution in [0.1, 0.15) is 11.3 Å². The number of imidazole rings is 1. The fraction of sp³-hybridized carbons (Fsp3) is 0.250. The van der Waals surface area contributed by atoms with Crippen molar-refractivity contribution in [1.82, 2.24) is 9.55 Å². The number of nitrogens with zero attached hydrogens (tertiary/aromatic N) is 2. The number of rotatable bonds is 3. The summed E-state index contributed by atoms with van der Waals surface area (Å²) < 4.78 is 38.3. The van der Waals surface area contributed by atoms with E-state index in [0.717, 1.165) is 11.8 Å². The number of alkyl halides is 3. The van der Waals surface area contributed by atoms with Gasteiger partial charge in [-0.2, -0.15) is 13.2 Å². The van der Waals surface area contributed by atoms with E-state index in [1.54, 1.807) is 0 Å². The second kappa shape index (κ2) is 4.61. The Kier molecular flexibility index (Phi) is 3.17. The summed E-state index contributed by atoms with van der Waals surface area (Å²) in [5.41, 5.74) is 0.250. The standard InChI is InChI=1S/C12H11F3N2/c13-12(14,15)11-8-17(9-16-11)7-6-10-4-2-1-3-5-10/h1-5,8-9H,6-7H2. The van der Waals surface area contributed by atoms with Gasteiger partial charge in [-0.1, -0.05) is 30.3 Å². The molecular formula is C12H11F3N2. The van der Waals surface area contributed by atoms with Gasteiger partial charge in [0.2, 0.25) is 0 Å². The van der Waals surface area contributed by atoms with Gasteiger partial charge in [-0.3, -0.25) is 0 Å². The third-order valence-corrected chi connectivity index (χ3v) is 2.43. The third-order valence-electron chi connectivity index (χ3n) is 2.43. The summed E-state index contributed by atoms with van der Waals surface area (Å²) in [4.78, 5) is 3.34. The average molecular weight is 240 g/mol. The highest BCUT2D eigenvalue weighted by Crippen LogP contribution is 2.27. The quantitative estimate of drug-likeness (QED) is 0.805. The van der Waals surface area contributed by atoms with E-state index in [0.29, 0.717) is 13.0 Å². The van der Waals surface area contributed by atoms with Crippen LogP contribution in [-0.2, 0) is 19.1 Å². The predicted molar refractivity (Wildman–Crippen MR) is 57.4 cm³/mol. The molecule has 1 heterocycles. The summed E-state index contributed by atoms with van der Waals surface area (Å²) in [6.07, 6.45) is -1.43. The van der Waals surface area contributed by atoms with Gasteiger partial charge in [0.25, 0.3) is 0 Å². The molecule has 0 fully saturated rings. The van der Waals surface area contributed by atoms with Gasteiger partial charge < -0.3 is 4.57 Å². The van der Waals surface area contributed by atoms with E-state index in [4.69, 9.17) is 0 Å². The van der Waals surface area contributed by atoms with E-state index in [1.165, 1.54) is 10.9 Å². The first kappa shape index (κ1) is 11.7. The number of hydrogen-bond donors (Lipinski definition) is 0. The SMILES string of the molecule is FC(F)(F)c1cn(CCc2ccccc2)cn1. The normalized spacial score (nSPS) is 11.7. The average Bonchev–Trinajstić information content (AvgIpc) is 2.76. The van der Waals surface area contributed by atoms with Crippen molar-refractivity contribution in [2.75, 3.05) is 0 Å². The van der Waals surface area contributed by atoms with Gasteiger partial charge in [0.05, 0.1) is 6.33 Å². The first-order valence-corrected chi connectivity index (χ1v) is 5.18. The van der Waals surface area contributed by atoms with Crippen LogP contribution < -0.4 is 0 Å². The van der Waals surface area contributed by atoms with Gasteiger partial charge in [0.15, 0.2) is 5.69 Å². The largest absolute Gasteiger partial charge is 0.434 e. The minimum atomic E-state index is -4.36. The van der Waals surface area contributed by atoms with E-state index in [9.17, 15) is 13.2 Å². The first-order valence-electron chi connectivity index (χ1n) is 5.18. The van der Waals surface area contributed by atoms with E-state index in [-0.39, 0.29) is 0 Å². The van der Waals surface area contributed by atoms with Crippen molar-refractivity contribution in [1.29, 1.82) is 0 Å². The number of hydrogen-bond acceptors (Lipinski definition) is 1. The first-order chi connectivity index (χ1) is 8.05. The van der Waals surface area contributed by atoms with Crippen molar-refractivity contribution in [2.24, 2.45) is 0 Å². The van der Waals surface area contributed by atoms with Gasteiger partial charge in [0, 0.05) is 12.7 Å². The van der Waals surface area contributed by atoms with Crippen molar-refractivity contribution in [3.05, 3.63) is 54.1 Å². The molecule has 0 radical (unpaired) electrons. The summed E-state index contributed by atoms with van der Waals surface area (Å²) >= 11 is 0. The van der Waals surface area contributed by atoms with Gasteiger partial charge in [-0.05, 0) is 12.0 Å². The molecule has 0 saturated heterocycles. The molecule has 2 rings (SSSR count). The molecule has 0 aliphatic heterocycles. The lowest BCUT2D eigenvalue weighted by Crippen LogP contribution is -2.05. The maximum absolute atomic E-state index is 12.3. The van der Waals surface area contributed by atoms with Crippen molar-refractivity contribution >= 4 is 0 Å². The molecule has 0 unspecified atom stereocenters. The van der Waals surface area contributed by atoms with Crippen LogP contribution in [-0.4, -0.2) is 9.55 Å². The van der Waals surface area contributed by atoms with Gasteiger partial charge in [-0.15, -0.1) is 0 Å². The highest BCUT2D eigenvalue weighted by atomic mass is 19.4. The molecule has 2 aromatic rings. The molecule has 0 amide bonds. The Bertz CT molecular complexity index is 474. The number of aromatic nitrogens is 2. The molecule has 0 aliphatic rings. The maximum Gasteiger partial charge on any atom is 0.434 e. The zero-order chi connectivity index (χ0) is 12.3. The van der Waals surface area contributed by atoms with E-state index < -0.39 is 11.9 Å². The number of benzene rings is 1. The molecule has 0 aliphatic carbocycles. The highest BCUT2D eigenvalue weighted by Gasteiger charge is 2.33. The number of aryl methyl sites for hydroxylation is 2. The lowest BCUT2D eigenvalue weighted by atomic mass is 10.1. The van der Waals surface area contributed by atoms with Gasteiger partial charge in [-0.25, -0.2) is 4.98 Å². The summed E-state index contributed by atoms with van der Waals surface area (Å²) in [5.74, 6) is 0. The van der Waals surface area contributed by atoms with Gasteiger partial charge >= 0.3 is 6.18 Å². The molecule has 90 valence electrons. The molecule has 0 saturated carbocycles. The summed E-state index contributed by atoms with van der Waals surface area (Å²) in [6, 6.07) is 9.61. The molecule has 2 nitrogen and oxygen atoms in total. The minimum Gasteiger partial charge on any atom is -0.337 e. The summed E-state index contributed by atoms with van der Waals surface area (Å²) in [6.45, 7) is 0.493. The van der Waals surface area contributed by atoms with Crippen LogP contribution in [0.4, 0.5) is 13.2 Å². The lowest BCUT2D eigenvalue weighted by Gasteiger charge is -2.03. The molecule has 0 N–H and O–H groups in total. The Balaban J connectivity index is 1.99. The molecular weight excluding hydrogens is 229 g/mol. The third kappa shape index (κ3) is 3.09. The molecule has 0 spiro atoms. The van der Waals surface area contributed by atoms with Crippen LogP contribution >= 0.6 is 0 Å². The topological polar surface area (TPSA) is 17.8 Å². The molecule has 1 aromatic carbocycles. The van der Waals surface area contributed by atoms with Gasteiger partial charge in [0.1, 0.15) is 0 Å². The second-order valence-electron chi connectivity index (χ2n) is 3.73. The maximum atomic E-state index is 12.3. The molecule has 5 heteroatoms. The smallest absolute Gasteiger partial charge is 0.337 e. The van der Waals surface area contributed by atoms with Crippen LogP contribution in [0.25, 0.3) is 0 Å². The lowest BCUT2D eigenvalue weighted by molar-refractivity contribution is -0.140. The van der Waals surface area contributed by atoms with Crippen LogP contribution in [0.3, 0.4) is 0 Å². The van der Waals surface area contributed by atoms with Crippen LogP contribution in [0.15, 0.2) is 42.9 Å². The highest BCUT2D eigenvalue weighted by molar-refractivity contribution is 5.14. The molecule has 1 aromatic heterocycles. The summed E-state index contributed by atoms with van der Waals surface area (Å²) in [5, 5.41) is 0. The zero-order valence-corrected chi connectivity index (χ0v) is 8.98. The zero-order valence-electron chi connectivity index (χ0n) is 8.98. The van der Waals surface area contributed by atoms with Crippen LogP contribution in [0, 0.1) is 0 Å².